The monoisotopic (exact) mass is 497 g/mol. The van der Waals surface area contributed by atoms with Crippen LogP contribution in [0.3, 0.4) is 0 Å². The summed E-state index contributed by atoms with van der Waals surface area (Å²) in [5, 5.41) is 2.40. The molecule has 0 fully saturated rings. The average Bonchev–Trinajstić information content (AvgIpc) is 3.04. The molecule has 164 valence electrons. The average molecular weight is 499 g/mol. The third-order valence-electron chi connectivity index (χ3n) is 5.36. The van der Waals surface area contributed by atoms with Gasteiger partial charge < -0.3 is 22.3 Å². The van der Waals surface area contributed by atoms with Gasteiger partial charge in [0, 0.05) is 27.1 Å². The lowest BCUT2D eigenvalue weighted by Gasteiger charge is -2.11. The molecule has 0 bridgehead atoms. The van der Waals surface area contributed by atoms with E-state index in [-0.39, 0.29) is 23.7 Å². The molecule has 1 aromatic carbocycles. The molecule has 0 amide bonds. The van der Waals surface area contributed by atoms with Gasteiger partial charge in [0.1, 0.15) is 0 Å². The fourth-order valence-corrected chi connectivity index (χ4v) is 4.21. The van der Waals surface area contributed by atoms with Crippen LogP contribution in [0.25, 0.3) is 11.2 Å². The minimum Gasteiger partial charge on any atom is -1.00 e. The second-order valence-electron chi connectivity index (χ2n) is 7.66. The van der Waals surface area contributed by atoms with Crippen LogP contribution in [0.2, 0.25) is 0 Å². The first kappa shape index (κ1) is 24.4. The fourth-order valence-electron chi connectivity index (χ4n) is 3.69. The Hall–Kier alpha value is -1.90. The molecule has 0 spiro atoms. The van der Waals surface area contributed by atoms with Gasteiger partial charge in [-0.2, -0.15) is 0 Å². The molecule has 3 aromatic rings. The SMILES string of the molecule is CC(Cc1ccccc1)[NH2+]CCCCCn1c(Br)nc2c1c(=O)n(C)c(=O)n2C.[Cl-]. The van der Waals surface area contributed by atoms with Crippen LogP contribution < -0.4 is 29.0 Å². The third kappa shape index (κ3) is 5.42. The van der Waals surface area contributed by atoms with Gasteiger partial charge in [-0.05, 0) is 47.7 Å². The number of benzene rings is 1. The Morgan fingerprint density at radius 1 is 1.07 bits per heavy atom. The summed E-state index contributed by atoms with van der Waals surface area (Å²) < 4.78 is 5.02. The summed E-state index contributed by atoms with van der Waals surface area (Å²) in [5.41, 5.74) is 1.62. The van der Waals surface area contributed by atoms with Gasteiger partial charge in [0.15, 0.2) is 15.9 Å². The maximum atomic E-state index is 12.6. The molecule has 0 aliphatic heterocycles. The Morgan fingerprint density at radius 3 is 2.47 bits per heavy atom. The van der Waals surface area contributed by atoms with Crippen LogP contribution in [0, 0.1) is 0 Å². The molecule has 9 heteroatoms. The Bertz CT molecular complexity index is 1090. The van der Waals surface area contributed by atoms with Crippen molar-refractivity contribution in [3.63, 3.8) is 0 Å². The number of hydrogen-bond acceptors (Lipinski definition) is 3. The molecular formula is C21H29BrClN5O2. The first-order valence-electron chi connectivity index (χ1n) is 10.1. The van der Waals surface area contributed by atoms with Crippen molar-refractivity contribution in [3.05, 3.63) is 61.5 Å². The van der Waals surface area contributed by atoms with Crippen LogP contribution in [0.1, 0.15) is 31.7 Å². The van der Waals surface area contributed by atoms with E-state index in [1.165, 1.54) is 17.2 Å². The van der Waals surface area contributed by atoms with E-state index >= 15 is 0 Å². The molecule has 2 aromatic heterocycles. The van der Waals surface area contributed by atoms with Gasteiger partial charge in [-0.3, -0.25) is 13.9 Å². The molecule has 0 saturated heterocycles. The number of halogens is 2. The Balaban J connectivity index is 0.00000320. The van der Waals surface area contributed by atoms with E-state index in [4.69, 9.17) is 0 Å². The van der Waals surface area contributed by atoms with Gasteiger partial charge in [-0.1, -0.05) is 30.3 Å². The number of aromatic nitrogens is 4. The molecule has 0 saturated carbocycles. The minimum absolute atomic E-state index is 0. The van der Waals surface area contributed by atoms with E-state index in [0.717, 1.165) is 36.8 Å². The number of rotatable bonds is 9. The van der Waals surface area contributed by atoms with E-state index in [9.17, 15) is 9.59 Å². The van der Waals surface area contributed by atoms with E-state index in [1.54, 1.807) is 7.05 Å². The third-order valence-corrected chi connectivity index (χ3v) is 5.96. The first-order valence-corrected chi connectivity index (χ1v) is 10.9. The van der Waals surface area contributed by atoms with Crippen LogP contribution in [-0.4, -0.2) is 31.3 Å². The second kappa shape index (κ2) is 10.9. The molecule has 2 N–H and O–H groups in total. The molecule has 0 aliphatic carbocycles. The summed E-state index contributed by atoms with van der Waals surface area (Å²) in [7, 11) is 3.14. The number of hydrogen-bond donors (Lipinski definition) is 1. The van der Waals surface area contributed by atoms with Crippen molar-refractivity contribution in [2.75, 3.05) is 6.54 Å². The number of unbranched alkanes of at least 4 members (excludes halogenated alkanes) is 2. The van der Waals surface area contributed by atoms with E-state index in [2.05, 4.69) is 63.5 Å². The number of imidazole rings is 1. The topological polar surface area (TPSA) is 78.4 Å². The highest BCUT2D eigenvalue weighted by Crippen LogP contribution is 2.17. The van der Waals surface area contributed by atoms with Gasteiger partial charge in [-0.15, -0.1) is 0 Å². The summed E-state index contributed by atoms with van der Waals surface area (Å²) >= 11 is 3.44. The second-order valence-corrected chi connectivity index (χ2v) is 8.37. The van der Waals surface area contributed by atoms with Crippen LogP contribution in [0.4, 0.5) is 0 Å². The molecule has 2 heterocycles. The van der Waals surface area contributed by atoms with Crippen molar-refractivity contribution in [2.24, 2.45) is 14.1 Å². The lowest BCUT2D eigenvalue weighted by molar-refractivity contribution is -0.686. The van der Waals surface area contributed by atoms with Gasteiger partial charge in [0.25, 0.3) is 5.56 Å². The van der Waals surface area contributed by atoms with Gasteiger partial charge >= 0.3 is 5.69 Å². The number of aryl methyl sites for hydroxylation is 2. The van der Waals surface area contributed by atoms with Crippen molar-refractivity contribution >= 4 is 27.1 Å². The predicted octanol–water partition coefficient (Wildman–Crippen LogP) is -1.43. The zero-order valence-corrected chi connectivity index (χ0v) is 20.0. The molecule has 30 heavy (non-hydrogen) atoms. The van der Waals surface area contributed by atoms with Gasteiger partial charge in [-0.25, -0.2) is 9.78 Å². The van der Waals surface area contributed by atoms with Gasteiger partial charge in [0.2, 0.25) is 0 Å². The lowest BCUT2D eigenvalue weighted by Crippen LogP contribution is -3.00. The van der Waals surface area contributed by atoms with E-state index < -0.39 is 0 Å². The lowest BCUT2D eigenvalue weighted by atomic mass is 10.1. The Labute approximate surface area is 190 Å². The quantitative estimate of drug-likeness (QED) is 0.290. The maximum Gasteiger partial charge on any atom is 0.332 e. The Morgan fingerprint density at radius 2 is 1.77 bits per heavy atom. The highest BCUT2D eigenvalue weighted by atomic mass is 79.9. The zero-order chi connectivity index (χ0) is 21.0. The van der Waals surface area contributed by atoms with Crippen molar-refractivity contribution < 1.29 is 17.7 Å². The summed E-state index contributed by atoms with van der Waals surface area (Å²) in [6.07, 6.45) is 4.24. The fraction of sp³-hybridized carbons (Fsp3) is 0.476. The van der Waals surface area contributed by atoms with Crippen LogP contribution in [0.5, 0.6) is 0 Å². The van der Waals surface area contributed by atoms with Crippen LogP contribution in [-0.2, 0) is 27.1 Å². The number of nitrogens with zero attached hydrogens (tertiary/aromatic N) is 4. The molecule has 1 atom stereocenters. The molecule has 0 aliphatic rings. The number of nitrogens with two attached hydrogens (primary N) is 1. The summed E-state index contributed by atoms with van der Waals surface area (Å²) in [6.45, 7) is 4.06. The number of quaternary nitrogens is 1. The van der Waals surface area contributed by atoms with Crippen molar-refractivity contribution in [1.82, 2.24) is 18.7 Å². The van der Waals surface area contributed by atoms with Crippen LogP contribution >= 0.6 is 15.9 Å². The van der Waals surface area contributed by atoms with Gasteiger partial charge in [0.05, 0.1) is 12.6 Å². The highest BCUT2D eigenvalue weighted by molar-refractivity contribution is 9.10. The summed E-state index contributed by atoms with van der Waals surface area (Å²) in [6, 6.07) is 11.1. The number of fused-ring (bicyclic) bond motifs is 1. The predicted molar refractivity (Wildman–Crippen MR) is 118 cm³/mol. The maximum absolute atomic E-state index is 12.6. The molecular weight excluding hydrogens is 470 g/mol. The normalized spacial score (nSPS) is 12.1. The molecule has 0 radical (unpaired) electrons. The van der Waals surface area contributed by atoms with Crippen molar-refractivity contribution in [3.8, 4) is 0 Å². The van der Waals surface area contributed by atoms with Crippen LogP contribution in [0.15, 0.2) is 44.7 Å². The Kier molecular flexibility index (Phi) is 8.88. The molecule has 1 unspecified atom stereocenters. The van der Waals surface area contributed by atoms with E-state index in [1.807, 2.05) is 4.57 Å². The largest absolute Gasteiger partial charge is 1.00 e. The van der Waals surface area contributed by atoms with Crippen molar-refractivity contribution in [2.45, 2.75) is 45.2 Å². The van der Waals surface area contributed by atoms with E-state index in [0.29, 0.717) is 28.5 Å². The summed E-state index contributed by atoms with van der Waals surface area (Å²) in [4.78, 5) is 29.0. The molecule has 7 nitrogen and oxygen atoms in total. The standard InChI is InChI=1S/C21H28BrN5O2.ClH/c1-15(14-16-10-6-4-7-11-16)23-12-8-5-9-13-27-17-18(24-20(27)22)25(2)21(29)26(3)19(17)28;/h4,6-7,10-11,15,23H,5,8-9,12-14H2,1-3H3;1H. The van der Waals surface area contributed by atoms with Crippen molar-refractivity contribution in [1.29, 1.82) is 0 Å². The minimum atomic E-state index is -0.361. The zero-order valence-electron chi connectivity index (χ0n) is 17.6. The molecule has 3 rings (SSSR count). The first-order chi connectivity index (χ1) is 13.9. The highest BCUT2D eigenvalue weighted by Gasteiger charge is 2.17. The summed E-state index contributed by atoms with van der Waals surface area (Å²) in [5.74, 6) is 0. The smallest absolute Gasteiger partial charge is 0.332 e.